The van der Waals surface area contributed by atoms with E-state index in [2.05, 4.69) is 36.1 Å². The fourth-order valence-electron chi connectivity index (χ4n) is 3.52. The monoisotopic (exact) mass is 319 g/mol. The van der Waals surface area contributed by atoms with Crippen LogP contribution in [0.25, 0.3) is 0 Å². The normalized spacial score (nSPS) is 27.0. The van der Waals surface area contributed by atoms with Crippen molar-refractivity contribution < 1.29 is 14.6 Å². The van der Waals surface area contributed by atoms with E-state index in [0.29, 0.717) is 12.1 Å². The molecule has 4 nitrogen and oxygen atoms in total. The summed E-state index contributed by atoms with van der Waals surface area (Å²) in [5.74, 6) is 0.968. The molecule has 4 heteroatoms. The van der Waals surface area contributed by atoms with Gasteiger partial charge in [0.15, 0.2) is 0 Å². The molecule has 2 saturated heterocycles. The van der Waals surface area contributed by atoms with Gasteiger partial charge < -0.3 is 19.5 Å². The first-order valence-corrected chi connectivity index (χ1v) is 8.96. The molecule has 2 aliphatic rings. The zero-order valence-electron chi connectivity index (χ0n) is 14.1. The van der Waals surface area contributed by atoms with Crippen LogP contribution in [0.1, 0.15) is 38.2 Å². The molecule has 128 valence electrons. The maximum atomic E-state index is 9.70. The van der Waals surface area contributed by atoms with Gasteiger partial charge in [-0.1, -0.05) is 12.1 Å². The number of aliphatic hydroxyl groups is 1. The molecule has 0 aliphatic carbocycles. The quantitative estimate of drug-likeness (QED) is 0.906. The van der Waals surface area contributed by atoms with Gasteiger partial charge in [-0.05, 0) is 43.9 Å². The Kier molecular flexibility index (Phi) is 5.92. The van der Waals surface area contributed by atoms with E-state index in [9.17, 15) is 5.11 Å². The van der Waals surface area contributed by atoms with Gasteiger partial charge in [0.05, 0.1) is 19.3 Å². The Balaban J connectivity index is 1.45. The Bertz CT molecular complexity index is 470. The molecular weight excluding hydrogens is 290 g/mol. The molecule has 2 unspecified atom stereocenters. The van der Waals surface area contributed by atoms with Gasteiger partial charge in [0, 0.05) is 32.0 Å². The van der Waals surface area contributed by atoms with E-state index in [1.54, 1.807) is 0 Å². The molecule has 23 heavy (non-hydrogen) atoms. The van der Waals surface area contributed by atoms with Crippen molar-refractivity contribution in [2.75, 3.05) is 26.3 Å². The van der Waals surface area contributed by atoms with E-state index in [4.69, 9.17) is 9.47 Å². The smallest absolute Gasteiger partial charge is 0.119 e. The van der Waals surface area contributed by atoms with Crippen molar-refractivity contribution >= 4 is 0 Å². The predicted molar refractivity (Wildman–Crippen MR) is 90.9 cm³/mol. The Hall–Kier alpha value is -1.10. The van der Waals surface area contributed by atoms with Gasteiger partial charge in [-0.15, -0.1) is 0 Å². The largest absolute Gasteiger partial charge is 0.490 e. The van der Waals surface area contributed by atoms with E-state index in [1.807, 2.05) is 0 Å². The molecule has 0 spiro atoms. The maximum Gasteiger partial charge on any atom is 0.119 e. The molecule has 1 N–H and O–H groups in total. The molecule has 0 amide bonds. The highest BCUT2D eigenvalue weighted by atomic mass is 16.5. The Morgan fingerprint density at radius 2 is 1.91 bits per heavy atom. The lowest BCUT2D eigenvalue weighted by atomic mass is 10.00. The summed E-state index contributed by atoms with van der Waals surface area (Å²) in [6.45, 7) is 5.91. The molecule has 0 saturated carbocycles. The fourth-order valence-corrected chi connectivity index (χ4v) is 3.52. The first-order chi connectivity index (χ1) is 11.2. The summed E-state index contributed by atoms with van der Waals surface area (Å²) in [5, 5.41) is 9.70. The molecule has 2 heterocycles. The molecule has 2 aliphatic heterocycles. The fraction of sp³-hybridized carbons (Fsp3) is 0.684. The van der Waals surface area contributed by atoms with Gasteiger partial charge in [-0.3, -0.25) is 0 Å². The molecule has 0 aromatic heterocycles. The number of hydrogen-bond acceptors (Lipinski definition) is 4. The molecule has 2 atom stereocenters. The molecule has 2 fully saturated rings. The molecule has 1 aromatic rings. The molecule has 0 radical (unpaired) electrons. The lowest BCUT2D eigenvalue weighted by molar-refractivity contribution is 0.0255. The third-order valence-corrected chi connectivity index (χ3v) is 5.07. The Morgan fingerprint density at radius 3 is 2.61 bits per heavy atom. The number of piperidine rings is 1. The van der Waals surface area contributed by atoms with Crippen molar-refractivity contribution in [3.8, 4) is 5.75 Å². The molecule has 0 bridgehead atoms. The van der Waals surface area contributed by atoms with Crippen LogP contribution in [0.5, 0.6) is 5.75 Å². The molecular formula is C19H29NO3. The van der Waals surface area contributed by atoms with Crippen molar-refractivity contribution in [1.29, 1.82) is 0 Å². The third kappa shape index (κ3) is 4.93. The summed E-state index contributed by atoms with van der Waals surface area (Å²) in [7, 11) is 0. The van der Waals surface area contributed by atoms with Gasteiger partial charge in [-0.25, -0.2) is 0 Å². The number of rotatable bonds is 5. The van der Waals surface area contributed by atoms with Crippen molar-refractivity contribution in [1.82, 2.24) is 4.90 Å². The molecule has 3 rings (SSSR count). The van der Waals surface area contributed by atoms with Crippen LogP contribution in [0.3, 0.4) is 0 Å². The van der Waals surface area contributed by atoms with Crippen LogP contribution in [0.15, 0.2) is 24.3 Å². The first-order valence-electron chi connectivity index (χ1n) is 8.96. The van der Waals surface area contributed by atoms with Crippen molar-refractivity contribution in [2.24, 2.45) is 0 Å². The number of ether oxygens (including phenoxy) is 2. The maximum absolute atomic E-state index is 9.70. The Labute approximate surface area is 139 Å². The van der Waals surface area contributed by atoms with Crippen LogP contribution in [-0.4, -0.2) is 54.6 Å². The lowest BCUT2D eigenvalue weighted by Gasteiger charge is -2.35. The van der Waals surface area contributed by atoms with E-state index >= 15 is 0 Å². The van der Waals surface area contributed by atoms with Crippen LogP contribution < -0.4 is 4.74 Å². The van der Waals surface area contributed by atoms with Crippen molar-refractivity contribution in [2.45, 2.75) is 57.3 Å². The highest BCUT2D eigenvalue weighted by molar-refractivity contribution is 5.27. The second-order valence-corrected chi connectivity index (χ2v) is 6.89. The second-order valence-electron chi connectivity index (χ2n) is 6.89. The van der Waals surface area contributed by atoms with Gasteiger partial charge >= 0.3 is 0 Å². The number of likely N-dealkylation sites (tertiary alicyclic amines) is 1. The van der Waals surface area contributed by atoms with Gasteiger partial charge in [0.2, 0.25) is 0 Å². The predicted octanol–water partition coefficient (Wildman–Crippen LogP) is 2.63. The summed E-state index contributed by atoms with van der Waals surface area (Å²) >= 11 is 0. The van der Waals surface area contributed by atoms with Crippen molar-refractivity contribution in [3.63, 3.8) is 0 Å². The molecule has 1 aromatic carbocycles. The van der Waals surface area contributed by atoms with E-state index < -0.39 is 0 Å². The summed E-state index contributed by atoms with van der Waals surface area (Å²) in [6, 6.07) is 9.02. The highest BCUT2D eigenvalue weighted by Crippen LogP contribution is 2.20. The summed E-state index contributed by atoms with van der Waals surface area (Å²) < 4.78 is 11.4. The highest BCUT2D eigenvalue weighted by Gasteiger charge is 2.23. The summed E-state index contributed by atoms with van der Waals surface area (Å²) in [4.78, 5) is 2.49. The minimum Gasteiger partial charge on any atom is -0.490 e. The zero-order chi connectivity index (χ0) is 16.1. The average Bonchev–Trinajstić information content (AvgIpc) is 2.56. The van der Waals surface area contributed by atoms with Gasteiger partial charge in [0.25, 0.3) is 0 Å². The number of hydrogen-bond donors (Lipinski definition) is 1. The van der Waals surface area contributed by atoms with E-state index in [0.717, 1.165) is 64.2 Å². The van der Waals surface area contributed by atoms with Crippen LogP contribution in [0, 0.1) is 0 Å². The third-order valence-electron chi connectivity index (χ3n) is 5.07. The first kappa shape index (κ1) is 16.7. The van der Waals surface area contributed by atoms with Gasteiger partial charge in [0.1, 0.15) is 11.9 Å². The van der Waals surface area contributed by atoms with Crippen LogP contribution in [0.4, 0.5) is 0 Å². The van der Waals surface area contributed by atoms with E-state index in [-0.39, 0.29) is 6.10 Å². The summed E-state index contributed by atoms with van der Waals surface area (Å²) in [6.07, 6.45) is 5.03. The number of benzene rings is 1. The number of aliphatic hydroxyl groups excluding tert-OH is 1. The number of nitrogens with zero attached hydrogens (tertiary/aromatic N) is 1. The van der Waals surface area contributed by atoms with Crippen LogP contribution in [-0.2, 0) is 11.2 Å². The lowest BCUT2D eigenvalue weighted by Crippen LogP contribution is -2.43. The van der Waals surface area contributed by atoms with Crippen LogP contribution in [0.2, 0.25) is 0 Å². The van der Waals surface area contributed by atoms with Crippen LogP contribution >= 0.6 is 0 Å². The summed E-state index contributed by atoms with van der Waals surface area (Å²) in [5.41, 5.74) is 1.35. The average molecular weight is 319 g/mol. The van der Waals surface area contributed by atoms with Crippen molar-refractivity contribution in [3.05, 3.63) is 29.8 Å². The SMILES string of the molecule is CC1CC(O)CCN1CCc1ccc(OC2CCOCC2)cc1. The minimum atomic E-state index is -0.108. The van der Waals surface area contributed by atoms with E-state index in [1.165, 1.54) is 5.56 Å². The minimum absolute atomic E-state index is 0.108. The Morgan fingerprint density at radius 1 is 1.17 bits per heavy atom. The second kappa shape index (κ2) is 8.13. The zero-order valence-corrected chi connectivity index (χ0v) is 14.1. The standard InChI is InChI=1S/C19H29NO3/c1-15-14-17(21)7-11-20(15)10-6-16-2-4-18(5-3-16)23-19-8-12-22-13-9-19/h2-5,15,17,19,21H,6-14H2,1H3. The van der Waals surface area contributed by atoms with Gasteiger partial charge in [-0.2, -0.15) is 0 Å². The topological polar surface area (TPSA) is 41.9 Å².